The molecule has 3 nitrogen and oxygen atoms in total. The Morgan fingerprint density at radius 2 is 2.00 bits per heavy atom. The number of hydrogen-bond donors (Lipinski definition) is 0. The fraction of sp³-hybridized carbons (Fsp3) is 0.364. The normalized spacial score (nSPS) is 10.1. The van der Waals surface area contributed by atoms with E-state index in [1.54, 1.807) is 12.1 Å². The molecule has 0 fully saturated rings. The van der Waals surface area contributed by atoms with Gasteiger partial charge in [-0.1, -0.05) is 31.9 Å². The summed E-state index contributed by atoms with van der Waals surface area (Å²) in [6.07, 6.45) is 5.33. The number of non-ortho nitro benzene ring substituents is 1. The van der Waals surface area contributed by atoms with Crippen molar-refractivity contribution in [1.82, 2.24) is 0 Å². The summed E-state index contributed by atoms with van der Waals surface area (Å²) < 4.78 is 0. The highest BCUT2D eigenvalue weighted by Crippen LogP contribution is 2.13. The van der Waals surface area contributed by atoms with Crippen molar-refractivity contribution in [3.8, 4) is 0 Å². The van der Waals surface area contributed by atoms with E-state index in [-0.39, 0.29) is 10.6 Å². The lowest BCUT2D eigenvalue weighted by Crippen LogP contribution is -1.89. The molecule has 75 valence electrons. The predicted molar refractivity (Wildman–Crippen MR) is 56.0 cm³/mol. The van der Waals surface area contributed by atoms with Crippen molar-refractivity contribution in [1.29, 1.82) is 0 Å². The van der Waals surface area contributed by atoms with Crippen molar-refractivity contribution in [2.75, 3.05) is 0 Å². The molecule has 0 aliphatic rings. The largest absolute Gasteiger partial charge is 0.269 e. The lowest BCUT2D eigenvalue weighted by Gasteiger charge is -1.99. The molecule has 0 aromatic heterocycles. The Kier molecular flexibility index (Phi) is 4.11. The molecule has 0 aliphatic heterocycles. The fourth-order valence-corrected chi connectivity index (χ4v) is 1.23. The van der Waals surface area contributed by atoms with E-state index in [0.717, 1.165) is 24.8 Å². The van der Waals surface area contributed by atoms with Crippen molar-refractivity contribution >= 4 is 5.69 Å². The van der Waals surface area contributed by atoms with Gasteiger partial charge in [-0.3, -0.25) is 10.1 Å². The molecule has 0 unspecified atom stereocenters. The standard InChI is InChI=1S/C11H14NO2/c1-2-3-4-5-10-6-8-11(9-7-10)12(13)14/h4,6-9H,2-3,5H2,1H3. The maximum absolute atomic E-state index is 10.4. The molecule has 1 rings (SSSR count). The second kappa shape index (κ2) is 5.37. The lowest BCUT2D eigenvalue weighted by atomic mass is 10.1. The summed E-state index contributed by atoms with van der Waals surface area (Å²) in [6.45, 7) is 2.13. The molecule has 3 heteroatoms. The van der Waals surface area contributed by atoms with E-state index in [1.807, 2.05) is 12.1 Å². The first-order chi connectivity index (χ1) is 6.74. The van der Waals surface area contributed by atoms with Crippen LogP contribution in [0.3, 0.4) is 0 Å². The molecule has 14 heavy (non-hydrogen) atoms. The van der Waals surface area contributed by atoms with Crippen LogP contribution in [0, 0.1) is 16.5 Å². The zero-order valence-electron chi connectivity index (χ0n) is 8.27. The first-order valence-electron chi connectivity index (χ1n) is 4.79. The zero-order chi connectivity index (χ0) is 10.4. The van der Waals surface area contributed by atoms with Crippen LogP contribution >= 0.6 is 0 Å². The van der Waals surface area contributed by atoms with Crippen molar-refractivity contribution in [2.24, 2.45) is 0 Å². The maximum Gasteiger partial charge on any atom is 0.269 e. The number of rotatable bonds is 5. The molecule has 0 heterocycles. The van der Waals surface area contributed by atoms with Gasteiger partial charge in [0, 0.05) is 12.1 Å². The molecule has 1 aromatic rings. The van der Waals surface area contributed by atoms with Crippen molar-refractivity contribution in [3.05, 3.63) is 46.4 Å². The van der Waals surface area contributed by atoms with Gasteiger partial charge in [0.1, 0.15) is 0 Å². The average Bonchev–Trinajstić information content (AvgIpc) is 2.19. The van der Waals surface area contributed by atoms with Gasteiger partial charge in [0.25, 0.3) is 5.69 Å². The number of nitro groups is 1. The minimum atomic E-state index is -0.375. The SMILES string of the molecule is CCC[CH]Cc1ccc([N+](=O)[O-])cc1. The number of nitro benzene ring substituents is 1. The highest BCUT2D eigenvalue weighted by atomic mass is 16.6. The zero-order valence-corrected chi connectivity index (χ0v) is 8.27. The third kappa shape index (κ3) is 3.17. The lowest BCUT2D eigenvalue weighted by molar-refractivity contribution is -0.384. The second-order valence-electron chi connectivity index (χ2n) is 3.21. The summed E-state index contributed by atoms with van der Waals surface area (Å²) in [4.78, 5) is 9.99. The number of unbranched alkanes of at least 4 members (excludes halogenated alkanes) is 2. The van der Waals surface area contributed by atoms with Crippen LogP contribution < -0.4 is 0 Å². The van der Waals surface area contributed by atoms with Gasteiger partial charge in [0.15, 0.2) is 0 Å². The summed E-state index contributed by atoms with van der Waals surface area (Å²) in [5, 5.41) is 10.4. The topological polar surface area (TPSA) is 43.1 Å². The molecule has 0 spiro atoms. The Morgan fingerprint density at radius 1 is 1.36 bits per heavy atom. The fourth-order valence-electron chi connectivity index (χ4n) is 1.23. The molecule has 0 amide bonds. The number of nitrogens with zero attached hydrogens (tertiary/aromatic N) is 1. The summed E-state index contributed by atoms with van der Waals surface area (Å²) in [6, 6.07) is 6.72. The first-order valence-corrected chi connectivity index (χ1v) is 4.79. The van der Waals surface area contributed by atoms with Crippen LogP contribution in [0.15, 0.2) is 24.3 Å². The molecule has 0 saturated heterocycles. The van der Waals surface area contributed by atoms with Gasteiger partial charge in [-0.05, 0) is 18.4 Å². The Balaban J connectivity index is 2.51. The molecule has 0 aliphatic carbocycles. The third-order valence-corrected chi connectivity index (χ3v) is 2.02. The molecular formula is C11H14NO2. The summed E-state index contributed by atoms with van der Waals surface area (Å²) in [5.74, 6) is 0. The smallest absolute Gasteiger partial charge is 0.258 e. The van der Waals surface area contributed by atoms with Crippen LogP contribution in [0.5, 0.6) is 0 Å². The van der Waals surface area contributed by atoms with Gasteiger partial charge >= 0.3 is 0 Å². The van der Waals surface area contributed by atoms with Crippen molar-refractivity contribution in [2.45, 2.75) is 26.2 Å². The summed E-state index contributed by atoms with van der Waals surface area (Å²) in [7, 11) is 0. The number of hydrogen-bond acceptors (Lipinski definition) is 2. The van der Waals surface area contributed by atoms with Crippen LogP contribution in [0.4, 0.5) is 5.69 Å². The number of benzene rings is 1. The Hall–Kier alpha value is -1.38. The summed E-state index contributed by atoms with van der Waals surface area (Å²) in [5.41, 5.74) is 1.29. The molecule has 0 N–H and O–H groups in total. The van der Waals surface area contributed by atoms with E-state index in [9.17, 15) is 10.1 Å². The van der Waals surface area contributed by atoms with E-state index < -0.39 is 0 Å². The van der Waals surface area contributed by atoms with E-state index in [0.29, 0.717) is 0 Å². The Labute approximate surface area is 83.9 Å². The average molecular weight is 192 g/mol. The van der Waals surface area contributed by atoms with Crippen molar-refractivity contribution in [3.63, 3.8) is 0 Å². The van der Waals surface area contributed by atoms with E-state index in [1.165, 1.54) is 0 Å². The van der Waals surface area contributed by atoms with Gasteiger partial charge < -0.3 is 0 Å². The highest BCUT2D eigenvalue weighted by molar-refractivity contribution is 5.33. The Morgan fingerprint density at radius 3 is 2.50 bits per heavy atom. The second-order valence-corrected chi connectivity index (χ2v) is 3.21. The Bertz CT molecular complexity index is 293. The molecule has 0 bridgehead atoms. The quantitative estimate of drug-likeness (QED) is 0.408. The van der Waals surface area contributed by atoms with Gasteiger partial charge in [0.2, 0.25) is 0 Å². The minimum absolute atomic E-state index is 0.157. The highest BCUT2D eigenvalue weighted by Gasteiger charge is 2.03. The van der Waals surface area contributed by atoms with Gasteiger partial charge in [0.05, 0.1) is 4.92 Å². The first kappa shape index (κ1) is 10.7. The van der Waals surface area contributed by atoms with Crippen LogP contribution in [0.25, 0.3) is 0 Å². The molecule has 1 aromatic carbocycles. The minimum Gasteiger partial charge on any atom is -0.258 e. The molecular weight excluding hydrogens is 178 g/mol. The van der Waals surface area contributed by atoms with Crippen LogP contribution in [-0.4, -0.2) is 4.92 Å². The van der Waals surface area contributed by atoms with Gasteiger partial charge in [-0.2, -0.15) is 0 Å². The summed E-state index contributed by atoms with van der Waals surface area (Å²) >= 11 is 0. The van der Waals surface area contributed by atoms with E-state index in [2.05, 4.69) is 13.3 Å². The van der Waals surface area contributed by atoms with E-state index >= 15 is 0 Å². The third-order valence-electron chi connectivity index (χ3n) is 2.02. The molecule has 1 radical (unpaired) electrons. The van der Waals surface area contributed by atoms with Gasteiger partial charge in [-0.25, -0.2) is 0 Å². The van der Waals surface area contributed by atoms with Crippen LogP contribution in [0.1, 0.15) is 25.3 Å². The van der Waals surface area contributed by atoms with Crippen LogP contribution in [-0.2, 0) is 6.42 Å². The molecule has 0 saturated carbocycles. The van der Waals surface area contributed by atoms with Crippen LogP contribution in [0.2, 0.25) is 0 Å². The van der Waals surface area contributed by atoms with Crippen molar-refractivity contribution < 1.29 is 4.92 Å². The van der Waals surface area contributed by atoms with E-state index in [4.69, 9.17) is 0 Å². The maximum atomic E-state index is 10.4. The van der Waals surface area contributed by atoms with Gasteiger partial charge in [-0.15, -0.1) is 0 Å². The molecule has 0 atom stereocenters. The monoisotopic (exact) mass is 192 g/mol. The predicted octanol–water partition coefficient (Wildman–Crippen LogP) is 3.14.